The molecule has 3 nitrogen and oxygen atoms in total. The quantitative estimate of drug-likeness (QED) is 0.379. The van der Waals surface area contributed by atoms with E-state index in [0.717, 1.165) is 53.5 Å². The predicted molar refractivity (Wildman–Crippen MR) is 132 cm³/mol. The molecule has 2 aliphatic carbocycles. The lowest BCUT2D eigenvalue weighted by Crippen LogP contribution is -2.43. The first kappa shape index (κ1) is 21.0. The second-order valence-electron chi connectivity index (χ2n) is 9.09. The van der Waals surface area contributed by atoms with Crippen LogP contribution >= 0.6 is 12.4 Å². The van der Waals surface area contributed by atoms with E-state index >= 15 is 0 Å². The first-order valence-corrected chi connectivity index (χ1v) is 11.2. The molecule has 4 heteroatoms. The molecule has 6 rings (SSSR count). The second-order valence-corrected chi connectivity index (χ2v) is 9.09. The number of hydrogen-bond donors (Lipinski definition) is 1. The Morgan fingerprint density at radius 2 is 1.56 bits per heavy atom. The third-order valence-corrected chi connectivity index (χ3v) is 7.00. The average molecular weight is 444 g/mol. The number of benzene rings is 3. The van der Waals surface area contributed by atoms with Crippen molar-refractivity contribution in [1.82, 2.24) is 0 Å². The normalized spacial score (nSPS) is 16.9. The van der Waals surface area contributed by atoms with Gasteiger partial charge in [-0.1, -0.05) is 66.7 Å². The number of hydrogen-bond acceptors (Lipinski definition) is 3. The van der Waals surface area contributed by atoms with E-state index in [2.05, 4.69) is 18.2 Å². The van der Waals surface area contributed by atoms with E-state index in [4.69, 9.17) is 10.2 Å². The van der Waals surface area contributed by atoms with Gasteiger partial charge in [0.25, 0.3) is 0 Å². The standard InChI is InChI=1S/C28H25NO2.ClH/c29-28(16-5-17-28)21-14-12-19(13-15-21)24-25(30)23-9-4-8-22(18-10-11-18)27(23)31-26(24)20-6-2-1-3-7-20;/h1-4,6-9,12-15,18H,5,10-11,16-17,29H2;1H. The number of rotatable bonds is 4. The highest BCUT2D eigenvalue weighted by atomic mass is 35.5. The topological polar surface area (TPSA) is 56.2 Å². The summed E-state index contributed by atoms with van der Waals surface area (Å²) in [7, 11) is 0. The molecule has 0 radical (unpaired) electrons. The van der Waals surface area contributed by atoms with E-state index in [0.29, 0.717) is 22.6 Å². The molecule has 162 valence electrons. The molecule has 2 saturated carbocycles. The highest BCUT2D eigenvalue weighted by Gasteiger charge is 2.34. The van der Waals surface area contributed by atoms with Crippen molar-refractivity contribution in [3.8, 4) is 22.5 Å². The van der Waals surface area contributed by atoms with Gasteiger partial charge in [0.1, 0.15) is 11.3 Å². The molecule has 4 aromatic rings. The molecule has 3 aromatic carbocycles. The van der Waals surface area contributed by atoms with Crippen LogP contribution in [-0.2, 0) is 5.54 Å². The van der Waals surface area contributed by atoms with Crippen molar-refractivity contribution in [2.75, 3.05) is 0 Å². The van der Waals surface area contributed by atoms with E-state index in [-0.39, 0.29) is 23.4 Å². The minimum atomic E-state index is -0.214. The van der Waals surface area contributed by atoms with Crippen LogP contribution in [0.25, 0.3) is 33.4 Å². The maximum atomic E-state index is 13.8. The third kappa shape index (κ3) is 3.37. The van der Waals surface area contributed by atoms with Crippen molar-refractivity contribution >= 4 is 23.4 Å². The Labute approximate surface area is 193 Å². The van der Waals surface area contributed by atoms with Gasteiger partial charge in [0.15, 0.2) is 0 Å². The molecule has 1 aromatic heterocycles. The van der Waals surface area contributed by atoms with Crippen molar-refractivity contribution in [1.29, 1.82) is 0 Å². The smallest absolute Gasteiger partial charge is 0.201 e. The fraction of sp³-hybridized carbons (Fsp3) is 0.250. The van der Waals surface area contributed by atoms with Crippen LogP contribution in [0.3, 0.4) is 0 Å². The van der Waals surface area contributed by atoms with Crippen LogP contribution in [0, 0.1) is 0 Å². The lowest BCUT2D eigenvalue weighted by molar-refractivity contribution is 0.253. The Morgan fingerprint density at radius 1 is 0.844 bits per heavy atom. The van der Waals surface area contributed by atoms with Gasteiger partial charge in [0, 0.05) is 11.1 Å². The van der Waals surface area contributed by atoms with E-state index in [1.807, 2.05) is 54.6 Å². The maximum Gasteiger partial charge on any atom is 0.201 e. The zero-order chi connectivity index (χ0) is 21.0. The second kappa shape index (κ2) is 7.91. The van der Waals surface area contributed by atoms with E-state index in [9.17, 15) is 4.79 Å². The van der Waals surface area contributed by atoms with Gasteiger partial charge in [-0.2, -0.15) is 0 Å². The summed E-state index contributed by atoms with van der Waals surface area (Å²) in [4.78, 5) is 13.8. The molecule has 0 spiro atoms. The Morgan fingerprint density at radius 3 is 2.19 bits per heavy atom. The summed E-state index contributed by atoms with van der Waals surface area (Å²) in [5.41, 5.74) is 11.8. The molecule has 2 fully saturated rings. The van der Waals surface area contributed by atoms with Gasteiger partial charge >= 0.3 is 0 Å². The molecule has 0 amide bonds. The summed E-state index contributed by atoms with van der Waals surface area (Å²) < 4.78 is 6.55. The van der Waals surface area contributed by atoms with Crippen LogP contribution in [0.1, 0.15) is 49.1 Å². The van der Waals surface area contributed by atoms with Crippen molar-refractivity contribution in [3.05, 3.63) is 94.1 Å². The maximum absolute atomic E-state index is 13.8. The Hall–Kier alpha value is -2.88. The van der Waals surface area contributed by atoms with Crippen molar-refractivity contribution in [3.63, 3.8) is 0 Å². The molecule has 2 N–H and O–H groups in total. The highest BCUT2D eigenvalue weighted by molar-refractivity contribution is 5.90. The average Bonchev–Trinajstić information content (AvgIpc) is 3.63. The number of nitrogens with two attached hydrogens (primary N) is 1. The van der Waals surface area contributed by atoms with Crippen LogP contribution in [0.2, 0.25) is 0 Å². The van der Waals surface area contributed by atoms with Crippen LogP contribution < -0.4 is 11.2 Å². The van der Waals surface area contributed by atoms with Gasteiger partial charge in [-0.15, -0.1) is 12.4 Å². The van der Waals surface area contributed by atoms with E-state index in [1.165, 1.54) is 6.42 Å². The Balaban J connectivity index is 0.00000216. The molecule has 0 saturated heterocycles. The molecular formula is C28H26ClNO2. The molecule has 0 atom stereocenters. The van der Waals surface area contributed by atoms with Gasteiger partial charge in [0.05, 0.1) is 10.9 Å². The fourth-order valence-corrected chi connectivity index (χ4v) is 4.82. The van der Waals surface area contributed by atoms with Crippen molar-refractivity contribution in [2.24, 2.45) is 5.73 Å². The van der Waals surface area contributed by atoms with Gasteiger partial charge < -0.3 is 10.2 Å². The Kier molecular flexibility index (Phi) is 5.19. The number of halogens is 1. The summed E-state index contributed by atoms with van der Waals surface area (Å²) in [5.74, 6) is 1.15. The van der Waals surface area contributed by atoms with Crippen LogP contribution in [0.4, 0.5) is 0 Å². The fourth-order valence-electron chi connectivity index (χ4n) is 4.82. The lowest BCUT2D eigenvalue weighted by atomic mass is 9.72. The number of fused-ring (bicyclic) bond motifs is 1. The van der Waals surface area contributed by atoms with E-state index in [1.54, 1.807) is 0 Å². The minimum Gasteiger partial charge on any atom is -0.455 e. The van der Waals surface area contributed by atoms with Gasteiger partial charge in [-0.05, 0) is 60.8 Å². The van der Waals surface area contributed by atoms with Gasteiger partial charge in [0.2, 0.25) is 5.43 Å². The Bertz CT molecular complexity index is 1330. The first-order valence-electron chi connectivity index (χ1n) is 11.2. The van der Waals surface area contributed by atoms with Crippen molar-refractivity contribution < 1.29 is 4.42 Å². The summed E-state index contributed by atoms with van der Waals surface area (Å²) >= 11 is 0. The van der Waals surface area contributed by atoms with Crippen LogP contribution in [0.15, 0.2) is 82.0 Å². The largest absolute Gasteiger partial charge is 0.455 e. The lowest BCUT2D eigenvalue weighted by Gasteiger charge is -2.38. The summed E-state index contributed by atoms with van der Waals surface area (Å²) in [6, 6.07) is 24.1. The molecule has 2 aliphatic rings. The zero-order valence-corrected chi connectivity index (χ0v) is 18.7. The predicted octanol–water partition coefficient (Wildman–Crippen LogP) is 6.76. The van der Waals surface area contributed by atoms with Crippen molar-refractivity contribution in [2.45, 2.75) is 43.6 Å². The molecule has 0 bridgehead atoms. The zero-order valence-electron chi connectivity index (χ0n) is 17.8. The minimum absolute atomic E-state index is 0. The highest BCUT2D eigenvalue weighted by Crippen LogP contribution is 2.44. The van der Waals surface area contributed by atoms with E-state index < -0.39 is 0 Å². The molecule has 32 heavy (non-hydrogen) atoms. The monoisotopic (exact) mass is 443 g/mol. The molecule has 1 heterocycles. The summed E-state index contributed by atoms with van der Waals surface area (Å²) in [5, 5.41) is 0.664. The molecule has 0 unspecified atom stereocenters. The van der Waals surface area contributed by atoms with Gasteiger partial charge in [-0.3, -0.25) is 4.79 Å². The number of para-hydroxylation sites is 1. The van der Waals surface area contributed by atoms with Gasteiger partial charge in [-0.25, -0.2) is 0 Å². The summed E-state index contributed by atoms with van der Waals surface area (Å²) in [6.45, 7) is 0. The molecule has 0 aliphatic heterocycles. The van der Waals surface area contributed by atoms with Crippen LogP contribution in [0.5, 0.6) is 0 Å². The SMILES string of the molecule is Cl.NC1(c2ccc(-c3c(-c4ccccc4)oc4c(C5CC5)cccc4c3=O)cc2)CCC1. The third-order valence-electron chi connectivity index (χ3n) is 7.00. The molecular weight excluding hydrogens is 418 g/mol. The summed E-state index contributed by atoms with van der Waals surface area (Å²) in [6.07, 6.45) is 5.53. The van der Waals surface area contributed by atoms with Crippen LogP contribution in [-0.4, -0.2) is 0 Å². The first-order chi connectivity index (χ1) is 15.1.